The summed E-state index contributed by atoms with van der Waals surface area (Å²) in [6, 6.07) is 8.53. The summed E-state index contributed by atoms with van der Waals surface area (Å²) in [5, 5.41) is 3.44. The largest absolute Gasteiger partial charge is 0.352 e. The second-order valence-corrected chi connectivity index (χ2v) is 6.33. The van der Waals surface area contributed by atoms with E-state index in [1.807, 2.05) is 11.9 Å². The van der Waals surface area contributed by atoms with Crippen molar-refractivity contribution in [3.8, 4) is 0 Å². The van der Waals surface area contributed by atoms with Gasteiger partial charge in [0, 0.05) is 46.2 Å². The third-order valence-corrected chi connectivity index (χ3v) is 4.64. The van der Waals surface area contributed by atoms with Gasteiger partial charge in [0.2, 0.25) is 5.91 Å². The first-order valence-electron chi connectivity index (χ1n) is 8.57. The second kappa shape index (κ2) is 9.25. The average molecular weight is 442 g/mol. The summed E-state index contributed by atoms with van der Waals surface area (Å²) in [7, 11) is 1.84. The van der Waals surface area contributed by atoms with Crippen molar-refractivity contribution >= 4 is 35.8 Å². The van der Waals surface area contributed by atoms with Gasteiger partial charge < -0.3 is 15.1 Å². The molecule has 0 radical (unpaired) electrons. The predicted molar refractivity (Wildman–Crippen MR) is 108 cm³/mol. The second-order valence-electron chi connectivity index (χ2n) is 6.33. The smallest absolute Gasteiger partial charge is 0.222 e. The molecule has 1 N–H and O–H groups in total. The summed E-state index contributed by atoms with van der Waals surface area (Å²) in [4.78, 5) is 20.3. The lowest BCUT2D eigenvalue weighted by molar-refractivity contribution is -0.128. The van der Waals surface area contributed by atoms with Crippen molar-refractivity contribution in [2.45, 2.75) is 38.8 Å². The van der Waals surface area contributed by atoms with Crippen molar-refractivity contribution in [2.24, 2.45) is 4.99 Å². The maximum absolute atomic E-state index is 11.7. The number of benzene rings is 1. The van der Waals surface area contributed by atoms with E-state index in [9.17, 15) is 4.79 Å². The molecule has 0 saturated carbocycles. The van der Waals surface area contributed by atoms with E-state index in [1.165, 1.54) is 24.0 Å². The Kier molecular flexibility index (Phi) is 7.33. The van der Waals surface area contributed by atoms with Crippen LogP contribution in [0.3, 0.4) is 0 Å². The van der Waals surface area contributed by atoms with Gasteiger partial charge in [-0.3, -0.25) is 9.79 Å². The molecule has 3 rings (SSSR count). The molecule has 2 aliphatic rings. The number of likely N-dealkylation sites (tertiary alicyclic amines) is 2. The molecular formula is C18H27IN4O. The van der Waals surface area contributed by atoms with Crippen molar-refractivity contribution in [2.75, 3.05) is 26.7 Å². The van der Waals surface area contributed by atoms with Crippen LogP contribution in [0.15, 0.2) is 29.3 Å². The normalized spacial score (nSPS) is 18.0. The van der Waals surface area contributed by atoms with E-state index in [-0.39, 0.29) is 29.9 Å². The first-order valence-corrected chi connectivity index (χ1v) is 8.57. The molecule has 1 aromatic rings. The molecule has 1 aromatic carbocycles. The molecule has 0 spiro atoms. The Bertz CT molecular complexity index is 567. The highest BCUT2D eigenvalue weighted by Crippen LogP contribution is 2.15. The molecule has 0 aliphatic carbocycles. The number of nitrogens with one attached hydrogen (secondary N) is 1. The molecule has 5 nitrogen and oxygen atoms in total. The first kappa shape index (κ1) is 19.0. The van der Waals surface area contributed by atoms with Crippen LogP contribution in [0, 0.1) is 0 Å². The summed E-state index contributed by atoms with van der Waals surface area (Å²) in [6.07, 6.45) is 4.21. The van der Waals surface area contributed by atoms with Gasteiger partial charge in [-0.05, 0) is 30.4 Å². The highest BCUT2D eigenvalue weighted by atomic mass is 127. The first-order chi connectivity index (χ1) is 11.3. The van der Waals surface area contributed by atoms with Gasteiger partial charge in [0.25, 0.3) is 0 Å². The lowest BCUT2D eigenvalue weighted by atomic mass is 10.1. The van der Waals surface area contributed by atoms with Gasteiger partial charge in [-0.2, -0.15) is 0 Å². The third-order valence-electron chi connectivity index (χ3n) is 4.64. The van der Waals surface area contributed by atoms with Gasteiger partial charge in [0.15, 0.2) is 5.96 Å². The van der Waals surface area contributed by atoms with Gasteiger partial charge in [-0.25, -0.2) is 0 Å². The van der Waals surface area contributed by atoms with Crippen molar-refractivity contribution < 1.29 is 4.79 Å². The molecule has 2 heterocycles. The van der Waals surface area contributed by atoms with E-state index in [2.05, 4.69) is 39.5 Å². The zero-order valence-corrected chi connectivity index (χ0v) is 16.7. The lowest BCUT2D eigenvalue weighted by Gasteiger charge is -2.21. The Morgan fingerprint density at radius 1 is 1.08 bits per heavy atom. The summed E-state index contributed by atoms with van der Waals surface area (Å²) < 4.78 is 0. The number of halogens is 1. The standard InChI is InChI=1S/C18H26N4O.HI/c1-19-18(21-10-2-3-11-21)20-13-15-6-8-16(9-7-15)14-22-12-4-5-17(22)23;/h6-9H,2-5,10-14H2,1H3,(H,19,20);1H. The monoisotopic (exact) mass is 442 g/mol. The highest BCUT2D eigenvalue weighted by molar-refractivity contribution is 14.0. The SMILES string of the molecule is CN=C(NCc1ccc(CN2CCCC2=O)cc1)N1CCCC1.I. The fraction of sp³-hybridized carbons (Fsp3) is 0.556. The van der Waals surface area contributed by atoms with Gasteiger partial charge in [0.1, 0.15) is 0 Å². The Labute approximate surface area is 161 Å². The number of nitrogens with zero attached hydrogens (tertiary/aromatic N) is 3. The fourth-order valence-corrected chi connectivity index (χ4v) is 3.30. The van der Waals surface area contributed by atoms with Crippen LogP contribution in [0.4, 0.5) is 0 Å². The average Bonchev–Trinajstić information content (AvgIpc) is 3.22. The van der Waals surface area contributed by atoms with Gasteiger partial charge in [-0.15, -0.1) is 24.0 Å². The Morgan fingerprint density at radius 3 is 2.33 bits per heavy atom. The third kappa shape index (κ3) is 4.84. The molecule has 0 aromatic heterocycles. The zero-order valence-electron chi connectivity index (χ0n) is 14.3. The number of rotatable bonds is 4. The van der Waals surface area contributed by atoms with E-state index in [0.29, 0.717) is 6.42 Å². The summed E-state index contributed by atoms with van der Waals surface area (Å²) in [5.41, 5.74) is 2.44. The number of amides is 1. The lowest BCUT2D eigenvalue weighted by Crippen LogP contribution is -2.39. The summed E-state index contributed by atoms with van der Waals surface area (Å²) in [5.74, 6) is 1.28. The molecule has 1 amide bonds. The Morgan fingerprint density at radius 2 is 1.75 bits per heavy atom. The zero-order chi connectivity index (χ0) is 16.1. The van der Waals surface area contributed by atoms with Crippen LogP contribution < -0.4 is 5.32 Å². The number of carbonyl (C=O) groups excluding carboxylic acids is 1. The summed E-state index contributed by atoms with van der Waals surface area (Å²) >= 11 is 0. The van der Waals surface area contributed by atoms with Crippen LogP contribution >= 0.6 is 24.0 Å². The number of hydrogen-bond donors (Lipinski definition) is 1. The fourth-order valence-electron chi connectivity index (χ4n) is 3.30. The molecule has 2 aliphatic heterocycles. The van der Waals surface area contributed by atoms with Crippen molar-refractivity contribution in [1.29, 1.82) is 0 Å². The van der Waals surface area contributed by atoms with Crippen LogP contribution in [-0.2, 0) is 17.9 Å². The van der Waals surface area contributed by atoms with E-state index >= 15 is 0 Å². The van der Waals surface area contributed by atoms with Crippen LogP contribution in [0.1, 0.15) is 36.8 Å². The molecule has 0 atom stereocenters. The van der Waals surface area contributed by atoms with Crippen molar-refractivity contribution in [3.63, 3.8) is 0 Å². The molecule has 6 heteroatoms. The molecule has 0 bridgehead atoms. The number of carbonyl (C=O) groups is 1. The van der Waals surface area contributed by atoms with E-state index in [4.69, 9.17) is 0 Å². The number of hydrogen-bond acceptors (Lipinski definition) is 2. The molecule has 24 heavy (non-hydrogen) atoms. The van der Waals surface area contributed by atoms with Crippen LogP contribution in [0.5, 0.6) is 0 Å². The quantitative estimate of drug-likeness (QED) is 0.443. The van der Waals surface area contributed by atoms with E-state index < -0.39 is 0 Å². The topological polar surface area (TPSA) is 47.9 Å². The molecule has 2 fully saturated rings. The maximum atomic E-state index is 11.7. The molecule has 2 saturated heterocycles. The van der Waals surface area contributed by atoms with E-state index in [1.54, 1.807) is 0 Å². The van der Waals surface area contributed by atoms with Gasteiger partial charge in [0.05, 0.1) is 0 Å². The Balaban J connectivity index is 0.00000208. The number of aliphatic imine (C=N–C) groups is 1. The van der Waals surface area contributed by atoms with Crippen LogP contribution in [-0.4, -0.2) is 48.3 Å². The van der Waals surface area contributed by atoms with Crippen molar-refractivity contribution in [1.82, 2.24) is 15.1 Å². The molecule has 132 valence electrons. The number of guanidine groups is 1. The maximum Gasteiger partial charge on any atom is 0.222 e. The molecular weight excluding hydrogens is 415 g/mol. The van der Waals surface area contributed by atoms with E-state index in [0.717, 1.165) is 45.1 Å². The van der Waals surface area contributed by atoms with Crippen molar-refractivity contribution in [3.05, 3.63) is 35.4 Å². The van der Waals surface area contributed by atoms with Crippen LogP contribution in [0.2, 0.25) is 0 Å². The summed E-state index contributed by atoms with van der Waals surface area (Å²) in [6.45, 7) is 4.62. The van der Waals surface area contributed by atoms with Gasteiger partial charge >= 0.3 is 0 Å². The Hall–Kier alpha value is -1.31. The minimum Gasteiger partial charge on any atom is -0.352 e. The predicted octanol–water partition coefficient (Wildman–Crippen LogP) is 2.60. The minimum atomic E-state index is 0. The van der Waals surface area contributed by atoms with Gasteiger partial charge in [-0.1, -0.05) is 24.3 Å². The molecule has 0 unspecified atom stereocenters. The van der Waals surface area contributed by atoms with Crippen LogP contribution in [0.25, 0.3) is 0 Å². The highest BCUT2D eigenvalue weighted by Gasteiger charge is 2.20. The minimum absolute atomic E-state index is 0.